The lowest BCUT2D eigenvalue weighted by Gasteiger charge is -2.01. The highest BCUT2D eigenvalue weighted by atomic mass is 32.1. The Hall–Kier alpha value is -2.73. The molecule has 0 unspecified atom stereocenters. The van der Waals surface area contributed by atoms with E-state index in [1.165, 1.54) is 11.3 Å². The number of carbonyl (C=O) groups is 1. The van der Waals surface area contributed by atoms with E-state index in [1.807, 2.05) is 36.4 Å². The van der Waals surface area contributed by atoms with Crippen molar-refractivity contribution in [3.8, 4) is 0 Å². The van der Waals surface area contributed by atoms with Gasteiger partial charge in [-0.15, -0.1) is 0 Å². The van der Waals surface area contributed by atoms with Gasteiger partial charge in [-0.25, -0.2) is 9.97 Å². The molecule has 0 bridgehead atoms. The van der Waals surface area contributed by atoms with Gasteiger partial charge in [-0.05, 0) is 11.6 Å². The van der Waals surface area contributed by atoms with Gasteiger partial charge < -0.3 is 9.73 Å². The molecule has 6 heteroatoms. The minimum atomic E-state index is -0.0784. The molecule has 1 amide bonds. The first-order valence-corrected chi connectivity index (χ1v) is 8.85. The molecule has 5 nitrogen and oxygen atoms in total. The van der Waals surface area contributed by atoms with Crippen molar-refractivity contribution >= 4 is 34.5 Å². The zero-order valence-corrected chi connectivity index (χ0v) is 14.9. The molecule has 0 saturated carbocycles. The van der Waals surface area contributed by atoms with Crippen LogP contribution in [0.3, 0.4) is 0 Å². The molecule has 0 aliphatic heterocycles. The van der Waals surface area contributed by atoms with Gasteiger partial charge in [-0.3, -0.25) is 4.79 Å². The summed E-state index contributed by atoms with van der Waals surface area (Å²) in [7, 11) is 0. The smallest absolute Gasteiger partial charge is 0.230 e. The fraction of sp³-hybridized carbons (Fsp3) is 0.211. The van der Waals surface area contributed by atoms with Crippen LogP contribution in [0.5, 0.6) is 0 Å². The summed E-state index contributed by atoms with van der Waals surface area (Å²) in [6.45, 7) is 4.11. The molecule has 0 aliphatic carbocycles. The highest BCUT2D eigenvalue weighted by Gasteiger charge is 2.08. The number of anilines is 1. The lowest BCUT2D eigenvalue weighted by molar-refractivity contribution is -0.115. The van der Waals surface area contributed by atoms with Gasteiger partial charge in [0.05, 0.1) is 12.6 Å². The van der Waals surface area contributed by atoms with Crippen LogP contribution in [0.1, 0.15) is 41.9 Å². The summed E-state index contributed by atoms with van der Waals surface area (Å²) >= 11 is 1.40. The Balaban J connectivity index is 1.58. The van der Waals surface area contributed by atoms with Gasteiger partial charge in [0, 0.05) is 23.1 Å². The summed E-state index contributed by atoms with van der Waals surface area (Å²) in [6.07, 6.45) is 7.47. The van der Waals surface area contributed by atoms with E-state index >= 15 is 0 Å². The van der Waals surface area contributed by atoms with Crippen molar-refractivity contribution in [1.29, 1.82) is 0 Å². The Labute approximate surface area is 150 Å². The van der Waals surface area contributed by atoms with Crippen LogP contribution in [0.15, 0.2) is 47.1 Å². The fourth-order valence-corrected chi connectivity index (χ4v) is 2.90. The molecule has 0 fully saturated rings. The average molecular weight is 353 g/mol. The maximum absolute atomic E-state index is 12.0. The number of nitrogens with one attached hydrogen (secondary N) is 1. The minimum absolute atomic E-state index is 0.0784. The molecule has 0 aliphatic rings. The molecule has 0 radical (unpaired) electrons. The summed E-state index contributed by atoms with van der Waals surface area (Å²) in [4.78, 5) is 21.4. The van der Waals surface area contributed by atoms with Gasteiger partial charge >= 0.3 is 0 Å². The SMILES string of the molecule is CC(C)c1cnc(/C=C/c2cnc(NC(=O)Cc3ccccc3)s2)o1. The monoisotopic (exact) mass is 353 g/mol. The maximum Gasteiger partial charge on any atom is 0.230 e. The average Bonchev–Trinajstić information content (AvgIpc) is 3.23. The van der Waals surface area contributed by atoms with Crippen LogP contribution in [-0.4, -0.2) is 15.9 Å². The number of hydrogen-bond acceptors (Lipinski definition) is 5. The number of aromatic nitrogens is 2. The molecule has 25 heavy (non-hydrogen) atoms. The van der Waals surface area contributed by atoms with Crippen molar-refractivity contribution in [3.05, 3.63) is 64.8 Å². The fourth-order valence-electron chi connectivity index (χ4n) is 2.16. The lowest BCUT2D eigenvalue weighted by atomic mass is 10.1. The van der Waals surface area contributed by atoms with E-state index in [1.54, 1.807) is 18.5 Å². The molecule has 0 spiro atoms. The second-order valence-electron chi connectivity index (χ2n) is 5.87. The van der Waals surface area contributed by atoms with Crippen LogP contribution in [0.4, 0.5) is 5.13 Å². The number of nitrogens with zero attached hydrogens (tertiary/aromatic N) is 2. The number of oxazole rings is 1. The number of thiazole rings is 1. The summed E-state index contributed by atoms with van der Waals surface area (Å²) < 4.78 is 5.62. The number of carbonyl (C=O) groups excluding carboxylic acids is 1. The summed E-state index contributed by atoms with van der Waals surface area (Å²) in [5.74, 6) is 1.65. The Morgan fingerprint density at radius 3 is 2.72 bits per heavy atom. The Morgan fingerprint density at radius 2 is 2.00 bits per heavy atom. The zero-order valence-electron chi connectivity index (χ0n) is 14.1. The zero-order chi connectivity index (χ0) is 17.6. The topological polar surface area (TPSA) is 68.0 Å². The van der Waals surface area contributed by atoms with Crippen molar-refractivity contribution in [2.75, 3.05) is 5.32 Å². The molecule has 2 heterocycles. The molecule has 2 aromatic heterocycles. The molecule has 0 saturated heterocycles. The van der Waals surface area contributed by atoms with E-state index in [2.05, 4.69) is 29.1 Å². The largest absolute Gasteiger partial charge is 0.442 e. The molecule has 1 aromatic carbocycles. The van der Waals surface area contributed by atoms with Gasteiger partial charge in [-0.2, -0.15) is 0 Å². The molecule has 1 N–H and O–H groups in total. The molecule has 3 aromatic rings. The van der Waals surface area contributed by atoms with Crippen molar-refractivity contribution in [3.63, 3.8) is 0 Å². The van der Waals surface area contributed by atoms with Crippen molar-refractivity contribution in [2.45, 2.75) is 26.2 Å². The predicted octanol–water partition coefficient (Wildman–Crippen LogP) is 4.61. The van der Waals surface area contributed by atoms with E-state index in [9.17, 15) is 4.79 Å². The maximum atomic E-state index is 12.0. The minimum Gasteiger partial charge on any atom is -0.442 e. The van der Waals surface area contributed by atoms with E-state index in [4.69, 9.17) is 4.42 Å². The second kappa shape index (κ2) is 7.90. The molecule has 128 valence electrons. The first kappa shape index (κ1) is 17.1. The van der Waals surface area contributed by atoms with E-state index < -0.39 is 0 Å². The first-order chi connectivity index (χ1) is 12.1. The predicted molar refractivity (Wildman–Crippen MR) is 100 cm³/mol. The van der Waals surface area contributed by atoms with Crippen molar-refractivity contribution in [1.82, 2.24) is 9.97 Å². The van der Waals surface area contributed by atoms with Crippen molar-refractivity contribution < 1.29 is 9.21 Å². The number of rotatable bonds is 6. The number of amides is 1. The van der Waals surface area contributed by atoms with Gasteiger partial charge in [0.1, 0.15) is 5.76 Å². The molecule has 3 rings (SSSR count). The summed E-state index contributed by atoms with van der Waals surface area (Å²) in [5, 5.41) is 3.40. The third-order valence-corrected chi connectivity index (χ3v) is 4.36. The van der Waals surface area contributed by atoms with Crippen LogP contribution in [-0.2, 0) is 11.2 Å². The van der Waals surface area contributed by atoms with Crippen molar-refractivity contribution in [2.24, 2.45) is 0 Å². The third-order valence-electron chi connectivity index (χ3n) is 3.48. The third kappa shape index (κ3) is 4.87. The van der Waals surface area contributed by atoms with Gasteiger partial charge in [-0.1, -0.05) is 55.5 Å². The highest BCUT2D eigenvalue weighted by molar-refractivity contribution is 7.16. The van der Waals surface area contributed by atoms with Gasteiger partial charge in [0.25, 0.3) is 0 Å². The number of benzene rings is 1. The quantitative estimate of drug-likeness (QED) is 0.703. The van der Waals surface area contributed by atoms with Crippen LogP contribution < -0.4 is 5.32 Å². The molecule has 0 atom stereocenters. The van der Waals surface area contributed by atoms with Crippen LogP contribution >= 0.6 is 11.3 Å². The lowest BCUT2D eigenvalue weighted by Crippen LogP contribution is -2.13. The van der Waals surface area contributed by atoms with Crippen LogP contribution in [0.2, 0.25) is 0 Å². The van der Waals surface area contributed by atoms with E-state index in [0.29, 0.717) is 23.4 Å². The van der Waals surface area contributed by atoms with Crippen LogP contribution in [0, 0.1) is 0 Å². The number of hydrogen-bond donors (Lipinski definition) is 1. The van der Waals surface area contributed by atoms with E-state index in [-0.39, 0.29) is 5.91 Å². The Bertz CT molecular complexity index is 866. The van der Waals surface area contributed by atoms with Gasteiger partial charge in [0.2, 0.25) is 11.8 Å². The van der Waals surface area contributed by atoms with Crippen LogP contribution in [0.25, 0.3) is 12.2 Å². The second-order valence-corrected chi connectivity index (χ2v) is 6.93. The molecular weight excluding hydrogens is 334 g/mol. The summed E-state index contributed by atoms with van der Waals surface area (Å²) in [5.41, 5.74) is 0.974. The Morgan fingerprint density at radius 1 is 1.20 bits per heavy atom. The summed E-state index contributed by atoms with van der Waals surface area (Å²) in [6, 6.07) is 9.62. The standard InChI is InChI=1S/C19H19N3O2S/c1-13(2)16-12-20-18(24-16)9-8-15-11-21-19(25-15)22-17(23)10-14-6-4-3-5-7-14/h3-9,11-13H,10H2,1-2H3,(H,21,22,23)/b9-8+. The first-order valence-electron chi connectivity index (χ1n) is 8.03. The molecular formula is C19H19N3O2S. The Kier molecular flexibility index (Phi) is 5.40. The normalized spacial score (nSPS) is 11.3. The van der Waals surface area contributed by atoms with E-state index in [0.717, 1.165) is 16.2 Å². The highest BCUT2D eigenvalue weighted by Crippen LogP contribution is 2.21. The van der Waals surface area contributed by atoms with Gasteiger partial charge in [0.15, 0.2) is 5.13 Å².